The summed E-state index contributed by atoms with van der Waals surface area (Å²) in [6, 6.07) is 12.8. The number of piperazine rings is 1. The number of benzene rings is 2. The maximum absolute atomic E-state index is 14.6. The van der Waals surface area contributed by atoms with Crippen LogP contribution in [0.1, 0.15) is 22.3 Å². The standard InChI is InChI=1S/C22H23FN2O/c1-3-4-11-24-12-14-25(15-13-24)22(26)20-10-9-19(16-21(20)23)18-7-5-17(2)6-8-18/h1,5-10,16H,4,11-15H2,2H3. The summed E-state index contributed by atoms with van der Waals surface area (Å²) in [6.07, 6.45) is 6.00. The summed E-state index contributed by atoms with van der Waals surface area (Å²) < 4.78 is 14.6. The van der Waals surface area contributed by atoms with Gasteiger partial charge in [0.15, 0.2) is 0 Å². The van der Waals surface area contributed by atoms with E-state index >= 15 is 0 Å². The highest BCUT2D eigenvalue weighted by molar-refractivity contribution is 5.95. The van der Waals surface area contributed by atoms with Crippen molar-refractivity contribution in [3.63, 3.8) is 0 Å². The van der Waals surface area contributed by atoms with Crippen molar-refractivity contribution >= 4 is 5.91 Å². The summed E-state index contributed by atoms with van der Waals surface area (Å²) in [7, 11) is 0. The van der Waals surface area contributed by atoms with Gasteiger partial charge in [-0.05, 0) is 30.2 Å². The molecule has 0 radical (unpaired) electrons. The Bertz CT molecular complexity index is 815. The predicted octanol–water partition coefficient (Wildman–Crippen LogP) is 3.58. The number of carbonyl (C=O) groups is 1. The third-order valence-electron chi connectivity index (χ3n) is 4.82. The average molecular weight is 350 g/mol. The molecular formula is C22H23FN2O. The quantitative estimate of drug-likeness (QED) is 0.787. The first-order valence-corrected chi connectivity index (χ1v) is 8.90. The smallest absolute Gasteiger partial charge is 0.256 e. The number of carbonyl (C=O) groups excluding carboxylic acids is 1. The van der Waals surface area contributed by atoms with Gasteiger partial charge >= 0.3 is 0 Å². The molecule has 0 spiro atoms. The number of halogens is 1. The molecule has 1 saturated heterocycles. The van der Waals surface area contributed by atoms with Crippen LogP contribution < -0.4 is 0 Å². The second-order valence-corrected chi connectivity index (χ2v) is 6.65. The molecule has 1 aliphatic rings. The summed E-state index contributed by atoms with van der Waals surface area (Å²) in [5, 5.41) is 0. The number of rotatable bonds is 4. The molecule has 1 heterocycles. The monoisotopic (exact) mass is 350 g/mol. The highest BCUT2D eigenvalue weighted by atomic mass is 19.1. The summed E-state index contributed by atoms with van der Waals surface area (Å²) in [5.74, 6) is 1.92. The molecule has 0 atom stereocenters. The molecule has 3 rings (SSSR count). The van der Waals surface area contributed by atoms with Crippen LogP contribution >= 0.6 is 0 Å². The number of terminal acetylenes is 1. The zero-order chi connectivity index (χ0) is 18.5. The molecule has 0 saturated carbocycles. The normalized spacial score (nSPS) is 14.9. The Morgan fingerprint density at radius 3 is 2.35 bits per heavy atom. The van der Waals surface area contributed by atoms with Crippen LogP contribution in [0.25, 0.3) is 11.1 Å². The first kappa shape index (κ1) is 18.2. The van der Waals surface area contributed by atoms with Crippen LogP contribution in [0, 0.1) is 25.1 Å². The van der Waals surface area contributed by atoms with Crippen LogP contribution in [-0.4, -0.2) is 48.4 Å². The minimum Gasteiger partial charge on any atom is -0.336 e. The molecule has 3 nitrogen and oxygen atoms in total. The topological polar surface area (TPSA) is 23.6 Å². The lowest BCUT2D eigenvalue weighted by Crippen LogP contribution is -2.49. The van der Waals surface area contributed by atoms with Crippen molar-refractivity contribution in [1.29, 1.82) is 0 Å². The van der Waals surface area contributed by atoms with Crippen molar-refractivity contribution in [3.05, 3.63) is 59.4 Å². The third-order valence-corrected chi connectivity index (χ3v) is 4.82. The number of nitrogens with zero attached hydrogens (tertiary/aromatic N) is 2. The van der Waals surface area contributed by atoms with Crippen molar-refractivity contribution in [2.45, 2.75) is 13.3 Å². The van der Waals surface area contributed by atoms with Crippen molar-refractivity contribution in [1.82, 2.24) is 9.80 Å². The summed E-state index contributed by atoms with van der Waals surface area (Å²) in [4.78, 5) is 16.6. The SMILES string of the molecule is C#CCCN1CCN(C(=O)c2ccc(-c3ccc(C)cc3)cc2F)CC1. The summed E-state index contributed by atoms with van der Waals surface area (Å²) in [5.41, 5.74) is 3.01. The Hall–Kier alpha value is -2.64. The van der Waals surface area contributed by atoms with E-state index in [4.69, 9.17) is 6.42 Å². The fraction of sp³-hybridized carbons (Fsp3) is 0.318. The van der Waals surface area contributed by atoms with Gasteiger partial charge in [-0.25, -0.2) is 4.39 Å². The van der Waals surface area contributed by atoms with E-state index in [1.54, 1.807) is 11.0 Å². The van der Waals surface area contributed by atoms with E-state index in [-0.39, 0.29) is 11.5 Å². The Labute approximate surface area is 154 Å². The van der Waals surface area contributed by atoms with Gasteiger partial charge in [-0.1, -0.05) is 35.9 Å². The maximum atomic E-state index is 14.6. The Balaban J connectivity index is 1.69. The maximum Gasteiger partial charge on any atom is 0.256 e. The minimum atomic E-state index is -0.470. The van der Waals surface area contributed by atoms with Gasteiger partial charge in [0.2, 0.25) is 0 Å². The van der Waals surface area contributed by atoms with Gasteiger partial charge in [-0.3, -0.25) is 9.69 Å². The van der Waals surface area contributed by atoms with E-state index in [0.717, 1.165) is 36.3 Å². The minimum absolute atomic E-state index is 0.137. The van der Waals surface area contributed by atoms with Gasteiger partial charge < -0.3 is 4.90 Å². The lowest BCUT2D eigenvalue weighted by molar-refractivity contribution is 0.0635. The Morgan fingerprint density at radius 1 is 1.08 bits per heavy atom. The van der Waals surface area contributed by atoms with Gasteiger partial charge in [0, 0.05) is 39.1 Å². The molecule has 1 aliphatic heterocycles. The van der Waals surface area contributed by atoms with Crippen LogP contribution in [0.2, 0.25) is 0 Å². The fourth-order valence-electron chi connectivity index (χ4n) is 3.18. The van der Waals surface area contributed by atoms with Crippen LogP contribution in [0.3, 0.4) is 0 Å². The van der Waals surface area contributed by atoms with Crippen LogP contribution in [0.5, 0.6) is 0 Å². The van der Waals surface area contributed by atoms with Crippen molar-refractivity contribution < 1.29 is 9.18 Å². The number of aryl methyl sites for hydroxylation is 1. The van der Waals surface area contributed by atoms with E-state index in [2.05, 4.69) is 10.8 Å². The van der Waals surface area contributed by atoms with Crippen molar-refractivity contribution in [2.75, 3.05) is 32.7 Å². The third kappa shape index (κ3) is 4.12. The van der Waals surface area contributed by atoms with E-state index in [0.29, 0.717) is 19.5 Å². The second kappa shape index (κ2) is 8.16. The zero-order valence-corrected chi connectivity index (χ0v) is 15.0. The molecular weight excluding hydrogens is 327 g/mol. The van der Waals surface area contributed by atoms with Crippen LogP contribution in [-0.2, 0) is 0 Å². The molecule has 2 aromatic carbocycles. The largest absolute Gasteiger partial charge is 0.336 e. The number of hydrogen-bond donors (Lipinski definition) is 0. The van der Waals surface area contributed by atoms with Crippen LogP contribution in [0.15, 0.2) is 42.5 Å². The molecule has 1 fully saturated rings. The first-order valence-electron chi connectivity index (χ1n) is 8.90. The molecule has 0 N–H and O–H groups in total. The molecule has 0 bridgehead atoms. The number of hydrogen-bond acceptors (Lipinski definition) is 2. The highest BCUT2D eigenvalue weighted by Gasteiger charge is 2.24. The number of amides is 1. The lowest BCUT2D eigenvalue weighted by atomic mass is 10.0. The van der Waals surface area contributed by atoms with Gasteiger partial charge in [0.25, 0.3) is 5.91 Å². The molecule has 134 valence electrons. The van der Waals surface area contributed by atoms with Gasteiger partial charge in [-0.2, -0.15) is 0 Å². The first-order chi connectivity index (χ1) is 12.6. The fourth-order valence-corrected chi connectivity index (χ4v) is 3.18. The Kier molecular flexibility index (Phi) is 5.70. The average Bonchev–Trinajstić information content (AvgIpc) is 2.67. The predicted molar refractivity (Wildman–Crippen MR) is 102 cm³/mol. The molecule has 26 heavy (non-hydrogen) atoms. The summed E-state index contributed by atoms with van der Waals surface area (Å²) in [6.45, 7) is 5.61. The summed E-state index contributed by atoms with van der Waals surface area (Å²) >= 11 is 0. The van der Waals surface area contributed by atoms with E-state index in [1.165, 1.54) is 6.07 Å². The van der Waals surface area contributed by atoms with Crippen LogP contribution in [0.4, 0.5) is 4.39 Å². The molecule has 0 aliphatic carbocycles. The van der Waals surface area contributed by atoms with Gasteiger partial charge in [0.1, 0.15) is 5.82 Å². The van der Waals surface area contributed by atoms with Crippen molar-refractivity contribution in [3.8, 4) is 23.5 Å². The Morgan fingerprint density at radius 2 is 1.73 bits per heavy atom. The van der Waals surface area contributed by atoms with Crippen molar-refractivity contribution in [2.24, 2.45) is 0 Å². The van der Waals surface area contributed by atoms with E-state index < -0.39 is 5.82 Å². The molecule has 4 heteroatoms. The molecule has 1 amide bonds. The molecule has 0 unspecified atom stereocenters. The van der Waals surface area contributed by atoms with Gasteiger partial charge in [0.05, 0.1) is 5.56 Å². The van der Waals surface area contributed by atoms with Gasteiger partial charge in [-0.15, -0.1) is 12.3 Å². The highest BCUT2D eigenvalue weighted by Crippen LogP contribution is 2.23. The molecule has 0 aromatic heterocycles. The lowest BCUT2D eigenvalue weighted by Gasteiger charge is -2.34. The van der Waals surface area contributed by atoms with E-state index in [1.807, 2.05) is 37.3 Å². The second-order valence-electron chi connectivity index (χ2n) is 6.65. The molecule has 2 aromatic rings. The van der Waals surface area contributed by atoms with E-state index in [9.17, 15) is 9.18 Å². The zero-order valence-electron chi connectivity index (χ0n) is 15.0.